The molecule has 0 aliphatic rings. The van der Waals surface area contributed by atoms with Crippen LogP contribution in [0.15, 0.2) is 12.2 Å². The second-order valence-corrected chi connectivity index (χ2v) is 3.37. The van der Waals surface area contributed by atoms with E-state index in [2.05, 4.69) is 18.8 Å². The average Bonchev–Trinajstić information content (AvgIpc) is 1.94. The summed E-state index contributed by atoms with van der Waals surface area (Å²) in [6.45, 7) is 5.52. The molecule has 0 heterocycles. The normalized spacial score (nSPS) is 11.3. The van der Waals surface area contributed by atoms with Gasteiger partial charge in [-0.2, -0.15) is 0 Å². The van der Waals surface area contributed by atoms with Crippen LogP contribution < -0.4 is 0 Å². The SMILES string of the molecule is CCCC/C=C/C#CC(C)(C)O. The van der Waals surface area contributed by atoms with Crippen LogP contribution in [0.1, 0.15) is 40.0 Å². The lowest BCUT2D eigenvalue weighted by molar-refractivity contribution is 0.143. The molecule has 1 nitrogen and oxygen atoms in total. The molecule has 0 unspecified atom stereocenters. The molecule has 0 aliphatic heterocycles. The highest BCUT2D eigenvalue weighted by Crippen LogP contribution is 1.97. The first-order chi connectivity index (χ1) is 5.56. The zero-order valence-electron chi connectivity index (χ0n) is 8.22. The molecule has 0 rings (SSSR count). The number of unbranched alkanes of at least 4 members (excludes halogenated alkanes) is 2. The van der Waals surface area contributed by atoms with Gasteiger partial charge in [0.1, 0.15) is 5.60 Å². The molecule has 0 aromatic rings. The molecule has 0 saturated heterocycles. The third kappa shape index (κ3) is 9.26. The van der Waals surface area contributed by atoms with E-state index in [4.69, 9.17) is 0 Å². The number of allylic oxidation sites excluding steroid dienone is 2. The van der Waals surface area contributed by atoms with Gasteiger partial charge in [0.2, 0.25) is 0 Å². The first kappa shape index (κ1) is 11.3. The fraction of sp³-hybridized carbons (Fsp3) is 0.636. The minimum Gasteiger partial charge on any atom is -0.378 e. The fourth-order valence-corrected chi connectivity index (χ4v) is 0.683. The van der Waals surface area contributed by atoms with Gasteiger partial charge in [-0.15, -0.1) is 0 Å². The second-order valence-electron chi connectivity index (χ2n) is 3.37. The molecule has 0 aromatic carbocycles. The van der Waals surface area contributed by atoms with Crippen molar-refractivity contribution in [1.29, 1.82) is 0 Å². The van der Waals surface area contributed by atoms with Crippen LogP contribution in [-0.4, -0.2) is 10.7 Å². The monoisotopic (exact) mass is 166 g/mol. The van der Waals surface area contributed by atoms with Crippen LogP contribution in [0.5, 0.6) is 0 Å². The molecule has 1 N–H and O–H groups in total. The molecule has 1 heteroatoms. The molecule has 0 saturated carbocycles. The lowest BCUT2D eigenvalue weighted by Gasteiger charge is -2.04. The smallest absolute Gasteiger partial charge is 0.120 e. The number of hydrogen-bond donors (Lipinski definition) is 1. The Kier molecular flexibility index (Phi) is 5.49. The quantitative estimate of drug-likeness (QED) is 0.504. The van der Waals surface area contributed by atoms with Crippen molar-refractivity contribution in [3.8, 4) is 11.8 Å². The van der Waals surface area contributed by atoms with E-state index < -0.39 is 5.60 Å². The van der Waals surface area contributed by atoms with Gasteiger partial charge >= 0.3 is 0 Å². The Hall–Kier alpha value is -0.740. The van der Waals surface area contributed by atoms with E-state index in [1.807, 2.05) is 12.2 Å². The summed E-state index contributed by atoms with van der Waals surface area (Å²) < 4.78 is 0. The van der Waals surface area contributed by atoms with Crippen molar-refractivity contribution in [3.05, 3.63) is 12.2 Å². The maximum Gasteiger partial charge on any atom is 0.120 e. The van der Waals surface area contributed by atoms with Crippen molar-refractivity contribution in [2.45, 2.75) is 45.6 Å². The first-order valence-electron chi connectivity index (χ1n) is 4.46. The predicted molar refractivity (Wildman–Crippen MR) is 52.7 cm³/mol. The van der Waals surface area contributed by atoms with Crippen LogP contribution in [0.4, 0.5) is 0 Å². The van der Waals surface area contributed by atoms with E-state index in [0.717, 1.165) is 6.42 Å². The third-order valence-corrected chi connectivity index (χ3v) is 1.30. The summed E-state index contributed by atoms with van der Waals surface area (Å²) in [5.74, 6) is 5.52. The van der Waals surface area contributed by atoms with E-state index in [0.29, 0.717) is 0 Å². The van der Waals surface area contributed by atoms with Gasteiger partial charge in [-0.05, 0) is 26.3 Å². The Morgan fingerprint density at radius 3 is 2.58 bits per heavy atom. The molecule has 0 aromatic heterocycles. The van der Waals surface area contributed by atoms with Crippen LogP contribution in [0.25, 0.3) is 0 Å². The van der Waals surface area contributed by atoms with Crippen molar-refractivity contribution >= 4 is 0 Å². The highest BCUT2D eigenvalue weighted by Gasteiger charge is 2.04. The maximum absolute atomic E-state index is 9.21. The van der Waals surface area contributed by atoms with E-state index in [-0.39, 0.29) is 0 Å². The predicted octanol–water partition coefficient (Wildman–Crippen LogP) is 2.51. The molecule has 0 radical (unpaired) electrons. The number of rotatable bonds is 3. The van der Waals surface area contributed by atoms with Gasteiger partial charge in [-0.25, -0.2) is 0 Å². The van der Waals surface area contributed by atoms with Crippen LogP contribution in [0, 0.1) is 11.8 Å². The van der Waals surface area contributed by atoms with Crippen molar-refractivity contribution in [2.75, 3.05) is 0 Å². The van der Waals surface area contributed by atoms with E-state index in [1.54, 1.807) is 13.8 Å². The lowest BCUT2D eigenvalue weighted by Crippen LogP contribution is -2.14. The summed E-state index contributed by atoms with van der Waals surface area (Å²) in [6.07, 6.45) is 7.36. The minimum atomic E-state index is -0.866. The van der Waals surface area contributed by atoms with Gasteiger partial charge in [-0.3, -0.25) is 0 Å². The second kappa shape index (κ2) is 5.85. The summed E-state index contributed by atoms with van der Waals surface area (Å²) in [5, 5.41) is 9.21. The highest BCUT2D eigenvalue weighted by molar-refractivity contribution is 5.20. The molecule has 12 heavy (non-hydrogen) atoms. The van der Waals surface area contributed by atoms with Crippen LogP contribution in [-0.2, 0) is 0 Å². The standard InChI is InChI=1S/C11H18O/c1-4-5-6-7-8-9-10-11(2,3)12/h7-8,12H,4-6H2,1-3H3/b8-7+. The minimum absolute atomic E-state index is 0.866. The molecule has 0 amide bonds. The Bertz CT molecular complexity index is 185. The molecular formula is C11H18O. The molecule has 0 bridgehead atoms. The summed E-state index contributed by atoms with van der Waals surface area (Å²) in [6, 6.07) is 0. The zero-order valence-corrected chi connectivity index (χ0v) is 8.22. The summed E-state index contributed by atoms with van der Waals surface area (Å²) >= 11 is 0. The van der Waals surface area contributed by atoms with Crippen molar-refractivity contribution in [1.82, 2.24) is 0 Å². The zero-order chi connectivity index (χ0) is 9.45. The third-order valence-electron chi connectivity index (χ3n) is 1.30. The van der Waals surface area contributed by atoms with Gasteiger partial charge in [0.25, 0.3) is 0 Å². The van der Waals surface area contributed by atoms with Crippen LogP contribution in [0.2, 0.25) is 0 Å². The Balaban J connectivity index is 3.63. The van der Waals surface area contributed by atoms with Crippen LogP contribution >= 0.6 is 0 Å². The van der Waals surface area contributed by atoms with Crippen molar-refractivity contribution in [3.63, 3.8) is 0 Å². The van der Waals surface area contributed by atoms with E-state index >= 15 is 0 Å². The summed E-state index contributed by atoms with van der Waals surface area (Å²) in [7, 11) is 0. The van der Waals surface area contributed by atoms with Gasteiger partial charge in [-0.1, -0.05) is 37.7 Å². The lowest BCUT2D eigenvalue weighted by atomic mass is 10.1. The molecule has 68 valence electrons. The van der Waals surface area contributed by atoms with Gasteiger partial charge in [0, 0.05) is 0 Å². The number of aliphatic hydroxyl groups is 1. The largest absolute Gasteiger partial charge is 0.378 e. The fourth-order valence-electron chi connectivity index (χ4n) is 0.683. The maximum atomic E-state index is 9.21. The first-order valence-corrected chi connectivity index (χ1v) is 4.46. The molecule has 0 spiro atoms. The van der Waals surface area contributed by atoms with Gasteiger partial charge in [0.05, 0.1) is 0 Å². The summed E-state index contributed by atoms with van der Waals surface area (Å²) in [4.78, 5) is 0. The summed E-state index contributed by atoms with van der Waals surface area (Å²) in [5.41, 5.74) is -0.866. The van der Waals surface area contributed by atoms with Gasteiger partial charge < -0.3 is 5.11 Å². The Morgan fingerprint density at radius 2 is 2.08 bits per heavy atom. The average molecular weight is 166 g/mol. The van der Waals surface area contributed by atoms with E-state index in [1.165, 1.54) is 12.8 Å². The topological polar surface area (TPSA) is 20.2 Å². The highest BCUT2D eigenvalue weighted by atomic mass is 16.3. The van der Waals surface area contributed by atoms with Crippen molar-refractivity contribution < 1.29 is 5.11 Å². The van der Waals surface area contributed by atoms with Gasteiger partial charge in [0.15, 0.2) is 0 Å². The number of hydrogen-bond acceptors (Lipinski definition) is 1. The Labute approximate surface area is 75.5 Å². The van der Waals surface area contributed by atoms with Crippen LogP contribution in [0.3, 0.4) is 0 Å². The molecule has 0 fully saturated rings. The Morgan fingerprint density at radius 1 is 1.42 bits per heavy atom. The molecular weight excluding hydrogens is 148 g/mol. The molecule has 0 aliphatic carbocycles. The van der Waals surface area contributed by atoms with Crippen molar-refractivity contribution in [2.24, 2.45) is 0 Å². The molecule has 0 atom stereocenters. The van der Waals surface area contributed by atoms with E-state index in [9.17, 15) is 5.11 Å².